The van der Waals surface area contributed by atoms with E-state index in [1.54, 1.807) is 35.5 Å². The molecule has 0 saturated carbocycles. The van der Waals surface area contributed by atoms with Crippen molar-refractivity contribution in [2.24, 2.45) is 0 Å². The molecule has 0 aliphatic carbocycles. The predicted molar refractivity (Wildman–Crippen MR) is 114 cm³/mol. The number of carbonyl (C=O) groups is 1. The summed E-state index contributed by atoms with van der Waals surface area (Å²) in [5.74, 6) is 0.623. The number of hydrogen-bond acceptors (Lipinski definition) is 6. The van der Waals surface area contributed by atoms with Crippen LogP contribution in [0.25, 0.3) is 17.1 Å². The summed E-state index contributed by atoms with van der Waals surface area (Å²) in [5.41, 5.74) is 2.61. The van der Waals surface area contributed by atoms with Crippen molar-refractivity contribution in [1.29, 1.82) is 0 Å². The molecule has 1 atom stereocenters. The van der Waals surface area contributed by atoms with Crippen LogP contribution in [-0.4, -0.2) is 42.5 Å². The Balaban J connectivity index is 1.44. The van der Waals surface area contributed by atoms with E-state index in [4.69, 9.17) is 27.7 Å². The third-order valence-electron chi connectivity index (χ3n) is 5.34. The fraction of sp³-hybridized carbons (Fsp3) is 0.190. The lowest BCUT2D eigenvalue weighted by molar-refractivity contribution is 0.0378. The largest absolute Gasteiger partial charge is 0.337 e. The minimum Gasteiger partial charge on any atom is -0.337 e. The van der Waals surface area contributed by atoms with Gasteiger partial charge in [0.2, 0.25) is 11.7 Å². The Morgan fingerprint density at radius 2 is 1.97 bits per heavy atom. The molecule has 0 spiro atoms. The molecule has 3 heterocycles. The number of amides is 1. The topological polar surface area (TPSA) is 89.9 Å². The fourth-order valence-electron chi connectivity index (χ4n) is 3.57. The van der Waals surface area contributed by atoms with Gasteiger partial charge in [0.25, 0.3) is 5.91 Å². The summed E-state index contributed by atoms with van der Waals surface area (Å²) in [6, 6.07) is 10.3. The standard InChI is InChI=1S/C21H16Cl2N6O2/c1-12-14(3-2-4-16(12)23)19-26-20(31-27-19)18-7-10-28(18)21(30)15-11-13(22)5-6-17(15)29-24-8-9-25-29/h2-6,8-9,11,18H,7,10H2,1H3. The first-order valence-corrected chi connectivity index (χ1v) is 10.3. The molecule has 1 aliphatic heterocycles. The Morgan fingerprint density at radius 3 is 2.71 bits per heavy atom. The number of nitrogens with zero attached hydrogens (tertiary/aromatic N) is 6. The zero-order valence-corrected chi connectivity index (χ0v) is 17.9. The van der Waals surface area contributed by atoms with Crippen molar-refractivity contribution in [2.75, 3.05) is 6.54 Å². The van der Waals surface area contributed by atoms with Crippen LogP contribution in [0, 0.1) is 6.92 Å². The molecule has 156 valence electrons. The number of hydrogen-bond donors (Lipinski definition) is 0. The van der Waals surface area contributed by atoms with Crippen LogP contribution in [-0.2, 0) is 0 Å². The van der Waals surface area contributed by atoms with Gasteiger partial charge in [0.15, 0.2) is 0 Å². The highest BCUT2D eigenvalue weighted by molar-refractivity contribution is 6.31. The van der Waals surface area contributed by atoms with E-state index in [0.29, 0.717) is 39.6 Å². The Morgan fingerprint density at radius 1 is 1.16 bits per heavy atom. The number of benzene rings is 2. The molecule has 5 rings (SSSR count). The second kappa shape index (κ2) is 7.79. The molecule has 10 heteroatoms. The fourth-order valence-corrected chi connectivity index (χ4v) is 3.91. The van der Waals surface area contributed by atoms with Gasteiger partial charge in [-0.05, 0) is 43.2 Å². The van der Waals surface area contributed by atoms with Gasteiger partial charge >= 0.3 is 0 Å². The Hall–Kier alpha value is -3.23. The van der Waals surface area contributed by atoms with Crippen LogP contribution in [0.5, 0.6) is 0 Å². The summed E-state index contributed by atoms with van der Waals surface area (Å²) >= 11 is 12.4. The lowest BCUT2D eigenvalue weighted by Crippen LogP contribution is -2.45. The van der Waals surface area contributed by atoms with Crippen LogP contribution in [0.1, 0.15) is 34.3 Å². The van der Waals surface area contributed by atoms with Gasteiger partial charge in [-0.25, -0.2) is 0 Å². The molecule has 1 unspecified atom stereocenters. The highest BCUT2D eigenvalue weighted by atomic mass is 35.5. The minimum absolute atomic E-state index is 0.204. The Bertz CT molecular complexity index is 1270. The summed E-state index contributed by atoms with van der Waals surface area (Å²) in [4.78, 5) is 21.0. The molecule has 1 fully saturated rings. The third-order valence-corrected chi connectivity index (χ3v) is 5.98. The minimum atomic E-state index is -0.314. The van der Waals surface area contributed by atoms with E-state index < -0.39 is 0 Å². The Kier molecular flexibility index (Phi) is 4.95. The van der Waals surface area contributed by atoms with E-state index in [1.807, 2.05) is 25.1 Å². The van der Waals surface area contributed by atoms with E-state index in [1.165, 1.54) is 4.80 Å². The van der Waals surface area contributed by atoms with Crippen LogP contribution < -0.4 is 0 Å². The summed E-state index contributed by atoms with van der Waals surface area (Å²) in [6.07, 6.45) is 3.82. The van der Waals surface area contributed by atoms with Gasteiger partial charge in [0, 0.05) is 22.2 Å². The molecule has 0 radical (unpaired) electrons. The predicted octanol–water partition coefficient (Wildman–Crippen LogP) is 4.52. The number of rotatable bonds is 4. The highest BCUT2D eigenvalue weighted by Crippen LogP contribution is 2.36. The van der Waals surface area contributed by atoms with E-state index in [-0.39, 0.29) is 11.9 Å². The second-order valence-electron chi connectivity index (χ2n) is 7.15. The first-order valence-electron chi connectivity index (χ1n) is 9.59. The quantitative estimate of drug-likeness (QED) is 0.450. The van der Waals surface area contributed by atoms with Crippen LogP contribution >= 0.6 is 23.2 Å². The van der Waals surface area contributed by atoms with E-state index in [2.05, 4.69) is 20.3 Å². The van der Waals surface area contributed by atoms with Gasteiger partial charge in [-0.3, -0.25) is 4.79 Å². The molecular weight excluding hydrogens is 439 g/mol. The van der Waals surface area contributed by atoms with Crippen molar-refractivity contribution in [1.82, 2.24) is 30.0 Å². The van der Waals surface area contributed by atoms with Crippen molar-refractivity contribution >= 4 is 29.1 Å². The molecule has 4 aromatic rings. The smallest absolute Gasteiger partial charge is 0.256 e. The number of aromatic nitrogens is 5. The molecule has 2 aromatic heterocycles. The van der Waals surface area contributed by atoms with Gasteiger partial charge in [-0.2, -0.15) is 20.0 Å². The third kappa shape index (κ3) is 3.47. The van der Waals surface area contributed by atoms with E-state index >= 15 is 0 Å². The lowest BCUT2D eigenvalue weighted by Gasteiger charge is -2.38. The molecule has 1 aliphatic rings. The van der Waals surface area contributed by atoms with Gasteiger partial charge in [0.05, 0.1) is 23.6 Å². The number of likely N-dealkylation sites (tertiary alicyclic amines) is 1. The average Bonchev–Trinajstić information content (AvgIpc) is 3.42. The van der Waals surface area contributed by atoms with Crippen molar-refractivity contribution < 1.29 is 9.32 Å². The molecule has 1 saturated heterocycles. The van der Waals surface area contributed by atoms with Crippen LogP contribution in [0.2, 0.25) is 10.0 Å². The molecular formula is C21H16Cl2N6O2. The summed E-state index contributed by atoms with van der Waals surface area (Å²) in [7, 11) is 0. The first kappa shape index (κ1) is 19.7. The SMILES string of the molecule is Cc1c(Cl)cccc1-c1noc(C2CCN2C(=O)c2cc(Cl)ccc2-n2nccn2)n1. The molecule has 1 amide bonds. The highest BCUT2D eigenvalue weighted by Gasteiger charge is 2.39. The molecule has 31 heavy (non-hydrogen) atoms. The second-order valence-corrected chi connectivity index (χ2v) is 8.00. The number of carbonyl (C=O) groups excluding carboxylic acids is 1. The van der Waals surface area contributed by atoms with Crippen LogP contribution in [0.4, 0.5) is 0 Å². The first-order chi connectivity index (χ1) is 15.0. The molecule has 8 nitrogen and oxygen atoms in total. The zero-order chi connectivity index (χ0) is 21.5. The summed E-state index contributed by atoms with van der Waals surface area (Å²) < 4.78 is 5.51. The number of halogens is 2. The normalized spacial score (nSPS) is 15.7. The van der Waals surface area contributed by atoms with Crippen molar-refractivity contribution in [3.8, 4) is 17.1 Å². The van der Waals surface area contributed by atoms with Gasteiger partial charge in [-0.1, -0.05) is 40.5 Å². The monoisotopic (exact) mass is 454 g/mol. The van der Waals surface area contributed by atoms with E-state index in [0.717, 1.165) is 17.5 Å². The maximum absolute atomic E-state index is 13.3. The Labute approximate surface area is 187 Å². The van der Waals surface area contributed by atoms with Gasteiger partial charge in [-0.15, -0.1) is 0 Å². The maximum Gasteiger partial charge on any atom is 0.256 e. The van der Waals surface area contributed by atoms with Crippen molar-refractivity contribution in [3.63, 3.8) is 0 Å². The van der Waals surface area contributed by atoms with Crippen molar-refractivity contribution in [2.45, 2.75) is 19.4 Å². The average molecular weight is 455 g/mol. The summed E-state index contributed by atoms with van der Waals surface area (Å²) in [6.45, 7) is 2.47. The van der Waals surface area contributed by atoms with Crippen molar-refractivity contribution in [3.05, 3.63) is 75.9 Å². The van der Waals surface area contributed by atoms with E-state index in [9.17, 15) is 4.79 Å². The lowest BCUT2D eigenvalue weighted by atomic mass is 10.00. The van der Waals surface area contributed by atoms with Crippen LogP contribution in [0.3, 0.4) is 0 Å². The maximum atomic E-state index is 13.3. The zero-order valence-electron chi connectivity index (χ0n) is 16.4. The van der Waals surface area contributed by atoms with Gasteiger partial charge < -0.3 is 9.42 Å². The summed E-state index contributed by atoms with van der Waals surface area (Å²) in [5, 5.41) is 13.4. The molecule has 2 aromatic carbocycles. The molecule has 0 bridgehead atoms. The molecule has 0 N–H and O–H groups in total. The van der Waals surface area contributed by atoms with Gasteiger partial charge in [0.1, 0.15) is 6.04 Å². The van der Waals surface area contributed by atoms with Crippen LogP contribution in [0.15, 0.2) is 53.3 Å².